The maximum atomic E-state index is 13.1. The number of hydrogen-bond acceptors (Lipinski definition) is 2. The van der Waals surface area contributed by atoms with Crippen LogP contribution in [0.4, 0.5) is 27.6 Å². The number of rotatable bonds is 4. The van der Waals surface area contributed by atoms with Crippen LogP contribution in [0.25, 0.3) is 0 Å². The summed E-state index contributed by atoms with van der Waals surface area (Å²) in [5.74, 6) is -10.4. The van der Waals surface area contributed by atoms with Gasteiger partial charge in [0, 0.05) is 13.2 Å². The van der Waals surface area contributed by atoms with Gasteiger partial charge in [0.15, 0.2) is 23.3 Å². The van der Waals surface area contributed by atoms with Gasteiger partial charge in [0.2, 0.25) is 5.82 Å². The van der Waals surface area contributed by atoms with Crippen LogP contribution in [0.2, 0.25) is 0 Å². The molecule has 0 bridgehead atoms. The summed E-state index contributed by atoms with van der Waals surface area (Å²) >= 11 is 0. The summed E-state index contributed by atoms with van der Waals surface area (Å²) in [4.78, 5) is 0. The molecule has 0 amide bonds. The van der Waals surface area contributed by atoms with Gasteiger partial charge in [-0.15, -0.1) is 0 Å². The third-order valence-electron chi connectivity index (χ3n) is 2.15. The molecule has 1 atom stereocenters. The summed E-state index contributed by atoms with van der Waals surface area (Å²) in [7, 11) is 0. The predicted octanol–water partition coefficient (Wildman–Crippen LogP) is 2.42. The van der Waals surface area contributed by atoms with E-state index >= 15 is 0 Å². The van der Waals surface area contributed by atoms with Crippen LogP contribution in [0.5, 0.6) is 0 Å². The Kier molecular flexibility index (Phi) is 4.28. The smallest absolute Gasteiger partial charge is 0.200 e. The van der Waals surface area contributed by atoms with Crippen LogP contribution in [0.15, 0.2) is 0 Å². The Morgan fingerprint density at radius 2 is 1.35 bits per heavy atom. The van der Waals surface area contributed by atoms with E-state index in [-0.39, 0.29) is 19.1 Å². The molecule has 0 saturated heterocycles. The Morgan fingerprint density at radius 1 is 0.941 bits per heavy atom. The van der Waals surface area contributed by atoms with E-state index in [0.717, 1.165) is 0 Å². The highest BCUT2D eigenvalue weighted by Crippen LogP contribution is 2.27. The molecule has 96 valence electrons. The highest BCUT2D eigenvalue weighted by Gasteiger charge is 2.25. The van der Waals surface area contributed by atoms with Gasteiger partial charge in [-0.25, -0.2) is 22.0 Å². The Hall–Kier alpha value is -1.37. The lowest BCUT2D eigenvalue weighted by Gasteiger charge is -2.13. The molecule has 0 aliphatic heterocycles. The van der Waals surface area contributed by atoms with Crippen LogP contribution in [-0.2, 0) is 0 Å². The first-order valence-electron chi connectivity index (χ1n) is 4.76. The zero-order valence-electron chi connectivity index (χ0n) is 8.83. The van der Waals surface area contributed by atoms with Crippen LogP contribution in [-0.4, -0.2) is 18.3 Å². The van der Waals surface area contributed by atoms with Crippen molar-refractivity contribution in [2.75, 3.05) is 18.5 Å². The lowest BCUT2D eigenvalue weighted by Crippen LogP contribution is -2.17. The fourth-order valence-corrected chi connectivity index (χ4v) is 1.10. The molecule has 7 heteroatoms. The van der Waals surface area contributed by atoms with Crippen molar-refractivity contribution in [2.45, 2.75) is 6.92 Å². The van der Waals surface area contributed by atoms with E-state index in [0.29, 0.717) is 0 Å². The van der Waals surface area contributed by atoms with Crippen molar-refractivity contribution in [3.8, 4) is 0 Å². The fraction of sp³-hybridized carbons (Fsp3) is 0.400. The van der Waals surface area contributed by atoms with Gasteiger partial charge in [0.1, 0.15) is 5.69 Å². The second-order valence-corrected chi connectivity index (χ2v) is 3.61. The summed E-state index contributed by atoms with van der Waals surface area (Å²) in [6.07, 6.45) is 0. The molecule has 1 aromatic rings. The zero-order chi connectivity index (χ0) is 13.2. The molecule has 0 aromatic heterocycles. The van der Waals surface area contributed by atoms with Crippen molar-refractivity contribution in [1.29, 1.82) is 0 Å². The van der Waals surface area contributed by atoms with Gasteiger partial charge in [-0.05, 0) is 5.92 Å². The van der Waals surface area contributed by atoms with Crippen molar-refractivity contribution in [3.05, 3.63) is 29.1 Å². The first-order valence-corrected chi connectivity index (χ1v) is 4.76. The van der Waals surface area contributed by atoms with Gasteiger partial charge in [-0.2, -0.15) is 0 Å². The number of benzene rings is 1. The van der Waals surface area contributed by atoms with E-state index in [2.05, 4.69) is 5.32 Å². The molecule has 0 spiro atoms. The molecule has 0 saturated carbocycles. The van der Waals surface area contributed by atoms with Crippen LogP contribution < -0.4 is 5.32 Å². The average Bonchev–Trinajstić information content (AvgIpc) is 2.33. The molecule has 0 aliphatic carbocycles. The van der Waals surface area contributed by atoms with Crippen molar-refractivity contribution >= 4 is 5.69 Å². The van der Waals surface area contributed by atoms with E-state index in [4.69, 9.17) is 5.11 Å². The third kappa shape index (κ3) is 2.66. The van der Waals surface area contributed by atoms with Gasteiger partial charge in [-0.3, -0.25) is 0 Å². The Morgan fingerprint density at radius 3 is 1.76 bits per heavy atom. The van der Waals surface area contributed by atoms with Crippen molar-refractivity contribution in [3.63, 3.8) is 0 Å². The lowest BCUT2D eigenvalue weighted by atomic mass is 10.2. The molecule has 1 aromatic carbocycles. The summed E-state index contributed by atoms with van der Waals surface area (Å²) in [5, 5.41) is 10.8. The van der Waals surface area contributed by atoms with Crippen molar-refractivity contribution in [1.82, 2.24) is 0 Å². The van der Waals surface area contributed by atoms with Crippen LogP contribution in [0.1, 0.15) is 6.92 Å². The van der Waals surface area contributed by atoms with Gasteiger partial charge < -0.3 is 10.4 Å². The van der Waals surface area contributed by atoms with Crippen LogP contribution >= 0.6 is 0 Å². The zero-order valence-corrected chi connectivity index (χ0v) is 8.83. The molecule has 2 nitrogen and oxygen atoms in total. The summed E-state index contributed by atoms with van der Waals surface area (Å²) in [6, 6.07) is 0. The highest BCUT2D eigenvalue weighted by atomic mass is 19.2. The lowest BCUT2D eigenvalue weighted by molar-refractivity contribution is 0.244. The SMILES string of the molecule is CC(CO)CNc1c(F)c(F)c(F)c(F)c1F. The van der Waals surface area contributed by atoms with Gasteiger partial charge in [0.05, 0.1) is 0 Å². The third-order valence-corrected chi connectivity index (χ3v) is 2.15. The molecular formula is C10H10F5NO. The largest absolute Gasteiger partial charge is 0.396 e. The van der Waals surface area contributed by atoms with Gasteiger partial charge >= 0.3 is 0 Å². The molecule has 0 fully saturated rings. The topological polar surface area (TPSA) is 32.3 Å². The molecule has 2 N–H and O–H groups in total. The van der Waals surface area contributed by atoms with Gasteiger partial charge in [-0.1, -0.05) is 6.92 Å². The molecule has 0 heterocycles. The summed E-state index contributed by atoms with van der Waals surface area (Å²) < 4.78 is 64.4. The number of aliphatic hydroxyl groups excluding tert-OH is 1. The Balaban J connectivity index is 3.07. The Bertz CT molecular complexity index is 395. The van der Waals surface area contributed by atoms with Crippen molar-refractivity contribution < 1.29 is 27.1 Å². The van der Waals surface area contributed by atoms with E-state index in [1.807, 2.05) is 0 Å². The standard InChI is InChI=1S/C10H10F5NO/c1-4(3-17)2-16-10-8(14)6(12)5(11)7(13)9(10)15/h4,16-17H,2-3H2,1H3. The number of aliphatic hydroxyl groups is 1. The summed E-state index contributed by atoms with van der Waals surface area (Å²) in [5.41, 5.74) is -1.08. The maximum absolute atomic E-state index is 13.1. The normalized spacial score (nSPS) is 12.6. The van der Waals surface area contributed by atoms with Crippen LogP contribution in [0, 0.1) is 35.0 Å². The van der Waals surface area contributed by atoms with E-state index in [9.17, 15) is 22.0 Å². The first-order chi connectivity index (χ1) is 7.90. The molecule has 17 heavy (non-hydrogen) atoms. The van der Waals surface area contributed by atoms with Gasteiger partial charge in [0.25, 0.3) is 0 Å². The van der Waals surface area contributed by atoms with E-state index < -0.39 is 34.8 Å². The minimum Gasteiger partial charge on any atom is -0.396 e. The van der Waals surface area contributed by atoms with E-state index in [1.54, 1.807) is 6.92 Å². The molecular weight excluding hydrogens is 245 g/mol. The molecule has 1 unspecified atom stereocenters. The maximum Gasteiger partial charge on any atom is 0.200 e. The number of anilines is 1. The molecule has 0 aliphatic rings. The monoisotopic (exact) mass is 255 g/mol. The number of hydrogen-bond donors (Lipinski definition) is 2. The fourth-order valence-electron chi connectivity index (χ4n) is 1.10. The highest BCUT2D eigenvalue weighted by molar-refractivity contribution is 5.47. The quantitative estimate of drug-likeness (QED) is 0.492. The average molecular weight is 255 g/mol. The van der Waals surface area contributed by atoms with E-state index in [1.165, 1.54) is 0 Å². The minimum atomic E-state index is -2.19. The molecule has 1 rings (SSSR count). The Labute approximate surface area is 94.1 Å². The molecule has 0 radical (unpaired) electrons. The second kappa shape index (κ2) is 5.31. The number of nitrogens with one attached hydrogen (secondary N) is 1. The number of halogens is 5. The van der Waals surface area contributed by atoms with Crippen LogP contribution in [0.3, 0.4) is 0 Å². The first kappa shape index (κ1) is 13.7. The van der Waals surface area contributed by atoms with Crippen molar-refractivity contribution in [2.24, 2.45) is 5.92 Å². The minimum absolute atomic E-state index is 0.116. The second-order valence-electron chi connectivity index (χ2n) is 3.61. The summed E-state index contributed by atoms with van der Waals surface area (Å²) in [6.45, 7) is 1.15. The predicted molar refractivity (Wildman–Crippen MR) is 51.0 cm³/mol.